The second-order valence-corrected chi connectivity index (χ2v) is 5.49. The highest BCUT2D eigenvalue weighted by atomic mass is 32.1. The highest BCUT2D eigenvalue weighted by molar-refractivity contribution is 7.80. The second kappa shape index (κ2) is 5.57. The van der Waals surface area contributed by atoms with Gasteiger partial charge in [0.2, 0.25) is 0 Å². The van der Waals surface area contributed by atoms with Crippen molar-refractivity contribution in [2.75, 3.05) is 0 Å². The average molecular weight is 278 g/mol. The molecule has 1 aliphatic carbocycles. The molecule has 0 bridgehead atoms. The molecule has 1 aliphatic rings. The Kier molecular flexibility index (Phi) is 4.04. The summed E-state index contributed by atoms with van der Waals surface area (Å²) in [6, 6.07) is 4.85. The summed E-state index contributed by atoms with van der Waals surface area (Å²) in [5.74, 6) is 0.145. The summed E-state index contributed by atoms with van der Waals surface area (Å²) in [6.45, 7) is 1.76. The number of benzene rings is 1. The van der Waals surface area contributed by atoms with Crippen LogP contribution in [0, 0.1) is 12.8 Å². The Morgan fingerprint density at radius 1 is 1.47 bits per heavy atom. The summed E-state index contributed by atoms with van der Waals surface area (Å²) in [5, 5.41) is 12.4. The highest BCUT2D eigenvalue weighted by Gasteiger charge is 2.30. The van der Waals surface area contributed by atoms with Crippen LogP contribution in [0.5, 0.6) is 5.75 Å². The molecule has 0 aromatic heterocycles. The Balaban J connectivity index is 2.08. The zero-order valence-corrected chi connectivity index (χ0v) is 11.7. The van der Waals surface area contributed by atoms with E-state index in [0.29, 0.717) is 16.1 Å². The van der Waals surface area contributed by atoms with Crippen molar-refractivity contribution in [1.82, 2.24) is 5.32 Å². The Bertz CT molecular complexity index is 516. The quantitative estimate of drug-likeness (QED) is 0.738. The van der Waals surface area contributed by atoms with Gasteiger partial charge < -0.3 is 16.2 Å². The number of hydrogen-bond acceptors (Lipinski definition) is 3. The smallest absolute Gasteiger partial charge is 0.251 e. The molecule has 0 aliphatic heterocycles. The van der Waals surface area contributed by atoms with Gasteiger partial charge in [0.05, 0.1) is 4.99 Å². The molecule has 1 fully saturated rings. The van der Waals surface area contributed by atoms with Gasteiger partial charge in [0.15, 0.2) is 0 Å². The van der Waals surface area contributed by atoms with E-state index in [4.69, 9.17) is 18.0 Å². The van der Waals surface area contributed by atoms with E-state index in [2.05, 4.69) is 5.32 Å². The molecule has 0 heterocycles. The Hall–Kier alpha value is -1.62. The Morgan fingerprint density at radius 3 is 2.84 bits per heavy atom. The SMILES string of the molecule is Cc1cc(C(=O)NC2CCCC2C(N)=S)ccc1O. The maximum atomic E-state index is 12.2. The average Bonchev–Trinajstić information content (AvgIpc) is 2.80. The van der Waals surface area contributed by atoms with Crippen LogP contribution < -0.4 is 11.1 Å². The maximum Gasteiger partial charge on any atom is 0.251 e. The van der Waals surface area contributed by atoms with Crippen LogP contribution in [0.1, 0.15) is 35.2 Å². The minimum atomic E-state index is -0.142. The topological polar surface area (TPSA) is 75.4 Å². The van der Waals surface area contributed by atoms with Crippen molar-refractivity contribution in [1.29, 1.82) is 0 Å². The lowest BCUT2D eigenvalue weighted by Gasteiger charge is -2.20. The third-order valence-corrected chi connectivity index (χ3v) is 3.96. The number of thiocarbonyl (C=S) groups is 1. The fraction of sp³-hybridized carbons (Fsp3) is 0.429. The fourth-order valence-corrected chi connectivity index (χ4v) is 2.80. The van der Waals surface area contributed by atoms with Gasteiger partial charge in [0.1, 0.15) is 5.75 Å². The lowest BCUT2D eigenvalue weighted by atomic mass is 10.0. The van der Waals surface area contributed by atoms with E-state index in [1.54, 1.807) is 19.1 Å². The van der Waals surface area contributed by atoms with Gasteiger partial charge in [-0.05, 0) is 43.5 Å². The number of nitrogens with two attached hydrogens (primary N) is 1. The molecule has 4 N–H and O–H groups in total. The third kappa shape index (κ3) is 3.04. The molecule has 2 rings (SSSR count). The largest absolute Gasteiger partial charge is 0.508 e. The van der Waals surface area contributed by atoms with E-state index in [0.717, 1.165) is 19.3 Å². The molecule has 19 heavy (non-hydrogen) atoms. The number of phenolic OH excluding ortho intramolecular Hbond substituents is 1. The number of aryl methyl sites for hydroxylation is 1. The maximum absolute atomic E-state index is 12.2. The molecule has 102 valence electrons. The summed E-state index contributed by atoms with van der Waals surface area (Å²) >= 11 is 5.03. The molecular weight excluding hydrogens is 260 g/mol. The van der Waals surface area contributed by atoms with Gasteiger partial charge in [-0.1, -0.05) is 18.6 Å². The van der Waals surface area contributed by atoms with Crippen LogP contribution >= 0.6 is 12.2 Å². The van der Waals surface area contributed by atoms with Gasteiger partial charge in [0, 0.05) is 17.5 Å². The van der Waals surface area contributed by atoms with Crippen molar-refractivity contribution < 1.29 is 9.90 Å². The molecule has 1 amide bonds. The first-order chi connectivity index (χ1) is 8.99. The van der Waals surface area contributed by atoms with E-state index in [1.807, 2.05) is 0 Å². The lowest BCUT2D eigenvalue weighted by Crippen LogP contribution is -2.41. The Labute approximate surface area is 118 Å². The van der Waals surface area contributed by atoms with Gasteiger partial charge in [-0.15, -0.1) is 0 Å². The summed E-state index contributed by atoms with van der Waals surface area (Å²) in [7, 11) is 0. The molecule has 1 aromatic rings. The van der Waals surface area contributed by atoms with Crippen LogP contribution in [0.2, 0.25) is 0 Å². The van der Waals surface area contributed by atoms with Crippen molar-refractivity contribution in [2.45, 2.75) is 32.2 Å². The highest BCUT2D eigenvalue weighted by Crippen LogP contribution is 2.26. The number of hydrogen-bond donors (Lipinski definition) is 3. The van der Waals surface area contributed by atoms with Crippen LogP contribution in [0.3, 0.4) is 0 Å². The van der Waals surface area contributed by atoms with Gasteiger partial charge in [-0.25, -0.2) is 0 Å². The molecule has 0 spiro atoms. The normalized spacial score (nSPS) is 22.2. The molecule has 5 heteroatoms. The molecule has 2 unspecified atom stereocenters. The molecular formula is C14H18N2O2S. The number of carbonyl (C=O) groups is 1. The van der Waals surface area contributed by atoms with Crippen LogP contribution in [-0.2, 0) is 0 Å². The summed E-state index contributed by atoms with van der Waals surface area (Å²) in [4.78, 5) is 12.6. The van der Waals surface area contributed by atoms with E-state index in [-0.39, 0.29) is 23.6 Å². The molecule has 1 saturated carbocycles. The number of phenols is 1. The zero-order chi connectivity index (χ0) is 14.0. The predicted octanol–water partition coefficient (Wildman–Crippen LogP) is 1.89. The number of rotatable bonds is 3. The Morgan fingerprint density at radius 2 is 2.21 bits per heavy atom. The number of carbonyl (C=O) groups excluding carboxylic acids is 1. The lowest BCUT2D eigenvalue weighted by molar-refractivity contribution is 0.0933. The number of aromatic hydroxyl groups is 1. The molecule has 0 radical (unpaired) electrons. The molecule has 1 aromatic carbocycles. The zero-order valence-electron chi connectivity index (χ0n) is 10.8. The first-order valence-corrected chi connectivity index (χ1v) is 6.79. The van der Waals surface area contributed by atoms with Crippen molar-refractivity contribution >= 4 is 23.1 Å². The summed E-state index contributed by atoms with van der Waals surface area (Å²) in [6.07, 6.45) is 2.88. The van der Waals surface area contributed by atoms with Crippen LogP contribution in [-0.4, -0.2) is 22.0 Å². The van der Waals surface area contributed by atoms with Gasteiger partial charge in [-0.3, -0.25) is 4.79 Å². The fourth-order valence-electron chi connectivity index (χ4n) is 2.52. The van der Waals surface area contributed by atoms with E-state index < -0.39 is 0 Å². The monoisotopic (exact) mass is 278 g/mol. The minimum Gasteiger partial charge on any atom is -0.508 e. The van der Waals surface area contributed by atoms with E-state index in [9.17, 15) is 9.90 Å². The van der Waals surface area contributed by atoms with Gasteiger partial charge in [0.25, 0.3) is 5.91 Å². The van der Waals surface area contributed by atoms with E-state index >= 15 is 0 Å². The third-order valence-electron chi connectivity index (χ3n) is 3.66. The molecule has 2 atom stereocenters. The van der Waals surface area contributed by atoms with Crippen molar-refractivity contribution in [3.63, 3.8) is 0 Å². The summed E-state index contributed by atoms with van der Waals surface area (Å²) in [5.41, 5.74) is 6.92. The summed E-state index contributed by atoms with van der Waals surface area (Å²) < 4.78 is 0. The van der Waals surface area contributed by atoms with Crippen LogP contribution in [0.25, 0.3) is 0 Å². The molecule has 0 saturated heterocycles. The molecule has 4 nitrogen and oxygen atoms in total. The van der Waals surface area contributed by atoms with Crippen molar-refractivity contribution in [2.24, 2.45) is 11.7 Å². The van der Waals surface area contributed by atoms with Crippen LogP contribution in [0.4, 0.5) is 0 Å². The van der Waals surface area contributed by atoms with Crippen LogP contribution in [0.15, 0.2) is 18.2 Å². The van der Waals surface area contributed by atoms with Crippen molar-refractivity contribution in [3.05, 3.63) is 29.3 Å². The standard InChI is InChI=1S/C14H18N2O2S/c1-8-7-9(5-6-12(8)17)14(18)16-11-4-2-3-10(11)13(15)19/h5-7,10-11,17H,2-4H2,1H3,(H2,15,19)(H,16,18). The minimum absolute atomic E-state index is 0.0270. The second-order valence-electron chi connectivity index (χ2n) is 5.02. The van der Waals surface area contributed by atoms with E-state index in [1.165, 1.54) is 6.07 Å². The number of amides is 1. The van der Waals surface area contributed by atoms with Gasteiger partial charge >= 0.3 is 0 Å². The number of nitrogens with one attached hydrogen (secondary N) is 1. The first-order valence-electron chi connectivity index (χ1n) is 6.39. The first kappa shape index (κ1) is 13.8. The van der Waals surface area contributed by atoms with Crippen molar-refractivity contribution in [3.8, 4) is 5.75 Å². The predicted molar refractivity (Wildman–Crippen MR) is 78.2 cm³/mol. The van der Waals surface area contributed by atoms with Gasteiger partial charge in [-0.2, -0.15) is 0 Å².